The lowest BCUT2D eigenvalue weighted by Gasteiger charge is -1.95. The van der Waals surface area contributed by atoms with Gasteiger partial charge in [-0.2, -0.15) is 15.3 Å². The van der Waals surface area contributed by atoms with Gasteiger partial charge in [-0.25, -0.2) is 13.6 Å². The van der Waals surface area contributed by atoms with Crippen molar-refractivity contribution in [3.8, 4) is 0 Å². The van der Waals surface area contributed by atoms with E-state index in [4.69, 9.17) is 10.9 Å². The minimum absolute atomic E-state index is 0.0370. The zero-order chi connectivity index (χ0) is 21.6. The van der Waals surface area contributed by atoms with Crippen LogP contribution in [0.5, 0.6) is 0 Å². The van der Waals surface area contributed by atoms with Gasteiger partial charge in [-0.15, -0.1) is 0 Å². The molecule has 0 saturated heterocycles. The topological polar surface area (TPSA) is 157 Å². The molecule has 154 valence electrons. The van der Waals surface area contributed by atoms with Gasteiger partial charge in [-0.1, -0.05) is 0 Å². The molecule has 0 bridgehead atoms. The van der Waals surface area contributed by atoms with Crippen LogP contribution in [-0.2, 0) is 31.2 Å². The fraction of sp³-hybridized carbons (Fsp3) is 0.375. The van der Waals surface area contributed by atoms with Gasteiger partial charge in [0.1, 0.15) is 5.69 Å². The maximum atomic E-state index is 10.8. The predicted molar refractivity (Wildman–Crippen MR) is 104 cm³/mol. The van der Waals surface area contributed by atoms with Gasteiger partial charge in [0.2, 0.25) is 0 Å². The number of rotatable bonds is 2. The van der Waals surface area contributed by atoms with E-state index in [2.05, 4.69) is 21.4 Å². The SMILES string of the molecule is Cc1cc(C)n(C)n1.Cc1cc(S(N)(=O)=O)n(C)n1.Cn1nccc1C(N)=O. The van der Waals surface area contributed by atoms with Crippen molar-refractivity contribution in [2.24, 2.45) is 32.0 Å². The van der Waals surface area contributed by atoms with Crippen LogP contribution in [0.1, 0.15) is 27.6 Å². The summed E-state index contributed by atoms with van der Waals surface area (Å²) in [5.74, 6) is -0.449. The summed E-state index contributed by atoms with van der Waals surface area (Å²) in [4.78, 5) is 10.4. The van der Waals surface area contributed by atoms with Crippen LogP contribution in [-0.4, -0.2) is 43.7 Å². The van der Waals surface area contributed by atoms with Crippen LogP contribution in [0.25, 0.3) is 0 Å². The van der Waals surface area contributed by atoms with Gasteiger partial charge in [0.25, 0.3) is 15.9 Å². The van der Waals surface area contributed by atoms with Crippen molar-refractivity contribution in [3.63, 3.8) is 0 Å². The minimum atomic E-state index is -3.61. The molecule has 3 aromatic heterocycles. The second-order valence-electron chi connectivity index (χ2n) is 6.05. The first-order valence-electron chi connectivity index (χ1n) is 8.11. The number of nitrogens with zero attached hydrogens (tertiary/aromatic N) is 6. The maximum absolute atomic E-state index is 10.8. The maximum Gasteiger partial charge on any atom is 0.266 e. The molecule has 4 N–H and O–H groups in total. The van der Waals surface area contributed by atoms with E-state index in [-0.39, 0.29) is 5.03 Å². The summed E-state index contributed by atoms with van der Waals surface area (Å²) in [6.07, 6.45) is 1.53. The Morgan fingerprint density at radius 2 is 1.50 bits per heavy atom. The molecule has 0 spiro atoms. The third kappa shape index (κ3) is 6.63. The van der Waals surface area contributed by atoms with Crippen molar-refractivity contribution in [1.29, 1.82) is 0 Å². The van der Waals surface area contributed by atoms with Gasteiger partial charge in [0.15, 0.2) is 5.03 Å². The monoisotopic (exact) mass is 410 g/mol. The van der Waals surface area contributed by atoms with E-state index < -0.39 is 15.9 Å². The number of carbonyl (C=O) groups excluding carboxylic acids is 1. The average molecular weight is 411 g/mol. The molecule has 0 aromatic carbocycles. The highest BCUT2D eigenvalue weighted by Crippen LogP contribution is 2.06. The van der Waals surface area contributed by atoms with E-state index in [1.54, 1.807) is 20.0 Å². The van der Waals surface area contributed by atoms with E-state index in [1.807, 2.05) is 25.6 Å². The molecule has 0 aliphatic carbocycles. The van der Waals surface area contributed by atoms with Gasteiger partial charge in [-0.05, 0) is 39.0 Å². The van der Waals surface area contributed by atoms with Crippen LogP contribution in [0.3, 0.4) is 0 Å². The van der Waals surface area contributed by atoms with E-state index in [1.165, 1.54) is 34.4 Å². The molecular formula is C16H26N8O3S. The van der Waals surface area contributed by atoms with Gasteiger partial charge in [-0.3, -0.25) is 18.8 Å². The summed E-state index contributed by atoms with van der Waals surface area (Å²) >= 11 is 0. The quantitative estimate of drug-likeness (QED) is 0.602. The number of amides is 1. The standard InChI is InChI=1S/C6H10N2.C5H9N3O2S.C5H7N3O/c1-5-4-6(2)8(3)7-5;1-4-3-5(8(2)7-4)11(6,9)10;1-8-4(5(6)9)2-3-7-8/h4H,1-3H3;3H,1-2H3,(H2,6,9,10);2-3H,1H3,(H2,6,9). The van der Waals surface area contributed by atoms with Crippen LogP contribution in [0.15, 0.2) is 29.4 Å². The lowest BCUT2D eigenvalue weighted by molar-refractivity contribution is 0.0991. The highest BCUT2D eigenvalue weighted by atomic mass is 32.2. The number of sulfonamides is 1. The lowest BCUT2D eigenvalue weighted by Crippen LogP contribution is -2.16. The smallest absolute Gasteiger partial charge is 0.266 e. The molecule has 11 nitrogen and oxygen atoms in total. The van der Waals surface area contributed by atoms with Crippen molar-refractivity contribution in [3.05, 3.63) is 47.2 Å². The highest BCUT2D eigenvalue weighted by molar-refractivity contribution is 7.89. The Labute approximate surface area is 164 Å². The Morgan fingerprint density at radius 1 is 0.964 bits per heavy atom. The molecule has 12 heteroatoms. The molecular weight excluding hydrogens is 384 g/mol. The molecule has 1 amide bonds. The lowest BCUT2D eigenvalue weighted by atomic mass is 10.4. The van der Waals surface area contributed by atoms with Crippen LogP contribution in [0, 0.1) is 20.8 Å². The molecule has 3 heterocycles. The van der Waals surface area contributed by atoms with Crippen LogP contribution < -0.4 is 10.9 Å². The number of hydrogen-bond donors (Lipinski definition) is 2. The van der Waals surface area contributed by atoms with E-state index >= 15 is 0 Å². The molecule has 0 unspecified atom stereocenters. The number of carbonyl (C=O) groups is 1. The number of primary amides is 1. The Balaban J connectivity index is 0.000000213. The van der Waals surface area contributed by atoms with Crippen molar-refractivity contribution in [2.75, 3.05) is 0 Å². The zero-order valence-corrected chi connectivity index (χ0v) is 17.6. The molecule has 3 aromatic rings. The van der Waals surface area contributed by atoms with Crippen LogP contribution >= 0.6 is 0 Å². The molecule has 28 heavy (non-hydrogen) atoms. The molecule has 0 aliphatic heterocycles. The normalized spacial score (nSPS) is 10.5. The van der Waals surface area contributed by atoms with E-state index in [0.717, 1.165) is 5.69 Å². The van der Waals surface area contributed by atoms with Crippen LogP contribution in [0.4, 0.5) is 0 Å². The number of aryl methyl sites for hydroxylation is 6. The van der Waals surface area contributed by atoms with Crippen molar-refractivity contribution < 1.29 is 13.2 Å². The number of nitrogens with two attached hydrogens (primary N) is 2. The Bertz CT molecular complexity index is 1030. The molecule has 0 fully saturated rings. The van der Waals surface area contributed by atoms with E-state index in [9.17, 15) is 13.2 Å². The fourth-order valence-corrected chi connectivity index (χ4v) is 2.95. The molecule has 3 rings (SSSR count). The minimum Gasteiger partial charge on any atom is -0.364 e. The Morgan fingerprint density at radius 3 is 1.68 bits per heavy atom. The summed E-state index contributed by atoms with van der Waals surface area (Å²) < 4.78 is 26.1. The second-order valence-corrected chi connectivity index (χ2v) is 7.56. The fourth-order valence-electron chi connectivity index (χ4n) is 2.21. The van der Waals surface area contributed by atoms with Crippen molar-refractivity contribution in [2.45, 2.75) is 25.8 Å². The summed E-state index contributed by atoms with van der Waals surface area (Å²) in [5, 5.41) is 16.6. The van der Waals surface area contributed by atoms with Crippen LogP contribution in [0.2, 0.25) is 0 Å². The Kier molecular flexibility index (Phi) is 7.64. The Hall–Kier alpha value is -2.99. The number of hydrogen-bond acceptors (Lipinski definition) is 6. The third-order valence-corrected chi connectivity index (χ3v) is 4.52. The first-order chi connectivity index (χ1) is 12.8. The molecule has 0 radical (unpaired) electrons. The van der Waals surface area contributed by atoms with Crippen molar-refractivity contribution in [1.82, 2.24) is 29.3 Å². The molecule has 0 saturated carbocycles. The van der Waals surface area contributed by atoms with Crippen molar-refractivity contribution >= 4 is 15.9 Å². The third-order valence-electron chi connectivity index (χ3n) is 3.56. The highest BCUT2D eigenvalue weighted by Gasteiger charge is 2.13. The largest absolute Gasteiger partial charge is 0.364 e. The van der Waals surface area contributed by atoms with Gasteiger partial charge in [0.05, 0.1) is 11.4 Å². The second kappa shape index (κ2) is 9.28. The average Bonchev–Trinajstić information content (AvgIpc) is 3.20. The van der Waals surface area contributed by atoms with Gasteiger partial charge in [0, 0.05) is 33.0 Å². The first kappa shape index (κ1) is 23.0. The first-order valence-corrected chi connectivity index (χ1v) is 9.66. The molecule has 0 atom stereocenters. The van der Waals surface area contributed by atoms with E-state index in [0.29, 0.717) is 11.4 Å². The zero-order valence-electron chi connectivity index (χ0n) is 16.8. The van der Waals surface area contributed by atoms with Gasteiger partial charge >= 0.3 is 0 Å². The number of aromatic nitrogens is 6. The summed E-state index contributed by atoms with van der Waals surface area (Å²) in [6.45, 7) is 5.74. The number of primary sulfonamides is 1. The predicted octanol–water partition coefficient (Wildman–Crippen LogP) is -0.0681. The molecule has 0 aliphatic rings. The summed E-state index contributed by atoms with van der Waals surface area (Å²) in [5.41, 5.74) is 8.32. The summed E-state index contributed by atoms with van der Waals surface area (Å²) in [6, 6.07) is 5.05. The summed E-state index contributed by atoms with van der Waals surface area (Å²) in [7, 11) is 1.54. The van der Waals surface area contributed by atoms with Gasteiger partial charge < -0.3 is 5.73 Å².